The maximum Gasteiger partial charge on any atom is 0.225 e. The van der Waals surface area contributed by atoms with Gasteiger partial charge in [-0.25, -0.2) is 0 Å². The van der Waals surface area contributed by atoms with Gasteiger partial charge in [0.05, 0.1) is 12.7 Å². The van der Waals surface area contributed by atoms with Crippen LogP contribution < -0.4 is 0 Å². The first-order valence-electron chi connectivity index (χ1n) is 6.67. The Bertz CT molecular complexity index is 264. The van der Waals surface area contributed by atoms with E-state index in [2.05, 4.69) is 22.9 Å². The quantitative estimate of drug-likeness (QED) is 0.733. The van der Waals surface area contributed by atoms with Crippen molar-refractivity contribution in [3.63, 3.8) is 0 Å². The first-order chi connectivity index (χ1) is 8.20. The average Bonchev–Trinajstić information content (AvgIpc) is 2.39. The maximum absolute atomic E-state index is 12.4. The first kappa shape index (κ1) is 13.3. The Balaban J connectivity index is 1.86. The van der Waals surface area contributed by atoms with E-state index in [9.17, 15) is 4.79 Å². The molecular formula is C13H22BrNO2. The minimum absolute atomic E-state index is 0.176. The third-order valence-corrected chi connectivity index (χ3v) is 4.71. The van der Waals surface area contributed by atoms with Gasteiger partial charge in [0.25, 0.3) is 0 Å². The molecular weight excluding hydrogens is 282 g/mol. The van der Waals surface area contributed by atoms with Gasteiger partial charge in [-0.15, -0.1) is 0 Å². The molecule has 0 radical (unpaired) electrons. The molecule has 0 aromatic rings. The van der Waals surface area contributed by atoms with Gasteiger partial charge < -0.3 is 9.64 Å². The van der Waals surface area contributed by atoms with Gasteiger partial charge in [0.2, 0.25) is 5.91 Å². The van der Waals surface area contributed by atoms with Crippen LogP contribution in [0.5, 0.6) is 0 Å². The molecule has 0 aromatic carbocycles. The van der Waals surface area contributed by atoms with Crippen molar-refractivity contribution in [1.29, 1.82) is 0 Å². The molecule has 1 atom stereocenters. The summed E-state index contributed by atoms with van der Waals surface area (Å²) in [6, 6.07) is 0. The normalized spacial score (nSPS) is 34.7. The number of rotatable bonds is 2. The number of carbonyl (C=O) groups excluding carboxylic acids is 1. The van der Waals surface area contributed by atoms with E-state index in [0.717, 1.165) is 37.2 Å². The topological polar surface area (TPSA) is 29.5 Å². The van der Waals surface area contributed by atoms with E-state index in [1.54, 1.807) is 0 Å². The number of ether oxygens (including phenoxy) is 1. The lowest BCUT2D eigenvalue weighted by Gasteiger charge is -2.36. The van der Waals surface area contributed by atoms with Crippen molar-refractivity contribution in [3.8, 4) is 0 Å². The molecule has 1 aliphatic carbocycles. The highest BCUT2D eigenvalue weighted by Crippen LogP contribution is 2.30. The number of alkyl halides is 1. The van der Waals surface area contributed by atoms with Crippen LogP contribution in [0.1, 0.15) is 32.6 Å². The number of nitrogens with zero attached hydrogens (tertiary/aromatic N) is 1. The Morgan fingerprint density at radius 1 is 1.35 bits per heavy atom. The van der Waals surface area contributed by atoms with Crippen molar-refractivity contribution in [2.45, 2.75) is 38.7 Å². The maximum atomic E-state index is 12.4. The average molecular weight is 304 g/mol. The van der Waals surface area contributed by atoms with E-state index in [-0.39, 0.29) is 12.0 Å². The molecule has 0 aromatic heterocycles. The summed E-state index contributed by atoms with van der Waals surface area (Å²) in [7, 11) is 0. The molecule has 4 heteroatoms. The van der Waals surface area contributed by atoms with Gasteiger partial charge in [-0.05, 0) is 31.6 Å². The second-order valence-corrected chi connectivity index (χ2v) is 6.04. The third kappa shape index (κ3) is 3.44. The Morgan fingerprint density at radius 3 is 2.71 bits per heavy atom. The summed E-state index contributed by atoms with van der Waals surface area (Å²) >= 11 is 3.43. The Labute approximate surface area is 112 Å². The van der Waals surface area contributed by atoms with Gasteiger partial charge >= 0.3 is 0 Å². The summed E-state index contributed by atoms with van der Waals surface area (Å²) in [4.78, 5) is 14.4. The van der Waals surface area contributed by atoms with Gasteiger partial charge in [0.15, 0.2) is 0 Å². The Hall–Kier alpha value is -0.0900. The zero-order chi connectivity index (χ0) is 12.3. The first-order valence-corrected chi connectivity index (χ1v) is 7.79. The van der Waals surface area contributed by atoms with Crippen LogP contribution in [0.2, 0.25) is 0 Å². The smallest absolute Gasteiger partial charge is 0.225 e. The molecule has 1 saturated heterocycles. The van der Waals surface area contributed by atoms with E-state index >= 15 is 0 Å². The van der Waals surface area contributed by atoms with E-state index in [0.29, 0.717) is 12.5 Å². The SMILES string of the molecule is CC1CCC(C(=O)N2CCOC(CBr)C2)CC1. The highest BCUT2D eigenvalue weighted by Gasteiger charge is 2.30. The molecule has 17 heavy (non-hydrogen) atoms. The minimum atomic E-state index is 0.176. The Morgan fingerprint density at radius 2 is 2.06 bits per heavy atom. The van der Waals surface area contributed by atoms with Crippen molar-refractivity contribution in [2.75, 3.05) is 25.0 Å². The van der Waals surface area contributed by atoms with Gasteiger partial charge in [-0.1, -0.05) is 22.9 Å². The van der Waals surface area contributed by atoms with Gasteiger partial charge in [-0.3, -0.25) is 4.79 Å². The molecule has 3 nitrogen and oxygen atoms in total. The lowest BCUT2D eigenvalue weighted by atomic mass is 9.82. The molecule has 0 N–H and O–H groups in total. The van der Waals surface area contributed by atoms with Crippen LogP contribution in [0.3, 0.4) is 0 Å². The predicted molar refractivity (Wildman–Crippen MR) is 71.2 cm³/mol. The van der Waals surface area contributed by atoms with Crippen LogP contribution >= 0.6 is 15.9 Å². The van der Waals surface area contributed by atoms with Crippen molar-refractivity contribution in [3.05, 3.63) is 0 Å². The second kappa shape index (κ2) is 6.19. The summed E-state index contributed by atoms with van der Waals surface area (Å²) in [5.74, 6) is 1.45. The molecule has 1 aliphatic heterocycles. The van der Waals surface area contributed by atoms with Crippen LogP contribution in [-0.4, -0.2) is 41.9 Å². The van der Waals surface area contributed by atoms with Crippen molar-refractivity contribution in [1.82, 2.24) is 4.90 Å². The zero-order valence-corrected chi connectivity index (χ0v) is 12.1. The summed E-state index contributed by atoms with van der Waals surface area (Å²) < 4.78 is 5.57. The predicted octanol–water partition coefficient (Wildman–Crippen LogP) is 2.44. The Kier molecular flexibility index (Phi) is 4.86. The van der Waals surface area contributed by atoms with Crippen molar-refractivity contribution >= 4 is 21.8 Å². The number of hydrogen-bond acceptors (Lipinski definition) is 2. The van der Waals surface area contributed by atoms with E-state index in [4.69, 9.17) is 4.74 Å². The highest BCUT2D eigenvalue weighted by molar-refractivity contribution is 9.09. The molecule has 1 heterocycles. The third-order valence-electron chi connectivity index (χ3n) is 3.99. The van der Waals surface area contributed by atoms with Gasteiger partial charge in [0.1, 0.15) is 0 Å². The molecule has 1 amide bonds. The number of morpholine rings is 1. The molecule has 2 aliphatic rings. The fourth-order valence-corrected chi connectivity index (χ4v) is 3.17. The van der Waals surface area contributed by atoms with Crippen molar-refractivity contribution < 1.29 is 9.53 Å². The largest absolute Gasteiger partial charge is 0.374 e. The minimum Gasteiger partial charge on any atom is -0.374 e. The van der Waals surface area contributed by atoms with Gasteiger partial charge in [-0.2, -0.15) is 0 Å². The fraction of sp³-hybridized carbons (Fsp3) is 0.923. The highest BCUT2D eigenvalue weighted by atomic mass is 79.9. The van der Waals surface area contributed by atoms with E-state index in [1.165, 1.54) is 12.8 Å². The van der Waals surface area contributed by atoms with E-state index < -0.39 is 0 Å². The molecule has 2 rings (SSSR count). The molecule has 98 valence electrons. The van der Waals surface area contributed by atoms with Crippen molar-refractivity contribution in [2.24, 2.45) is 11.8 Å². The summed E-state index contributed by atoms with van der Waals surface area (Å²) in [6.07, 6.45) is 4.76. The lowest BCUT2D eigenvalue weighted by Crippen LogP contribution is -2.48. The van der Waals surface area contributed by atoms with Crippen LogP contribution in [0.4, 0.5) is 0 Å². The molecule has 0 bridgehead atoms. The molecule has 1 unspecified atom stereocenters. The van der Waals surface area contributed by atoms with Crippen LogP contribution in [0, 0.1) is 11.8 Å². The number of carbonyl (C=O) groups is 1. The summed E-state index contributed by atoms with van der Waals surface area (Å²) in [5, 5.41) is 0.818. The molecule has 1 saturated carbocycles. The van der Waals surface area contributed by atoms with Crippen LogP contribution in [0.15, 0.2) is 0 Å². The number of amides is 1. The lowest BCUT2D eigenvalue weighted by molar-refractivity contribution is -0.143. The monoisotopic (exact) mass is 303 g/mol. The molecule has 2 fully saturated rings. The zero-order valence-electron chi connectivity index (χ0n) is 10.5. The summed E-state index contributed by atoms with van der Waals surface area (Å²) in [6.45, 7) is 4.51. The molecule has 0 spiro atoms. The van der Waals surface area contributed by atoms with E-state index in [1.807, 2.05) is 4.90 Å². The number of hydrogen-bond donors (Lipinski definition) is 0. The second-order valence-electron chi connectivity index (χ2n) is 5.39. The van der Waals surface area contributed by atoms with Gasteiger partial charge in [0, 0.05) is 24.3 Å². The summed E-state index contributed by atoms with van der Waals surface area (Å²) in [5.41, 5.74) is 0. The standard InChI is InChI=1S/C13H22BrNO2/c1-10-2-4-11(5-3-10)13(16)15-6-7-17-12(8-14)9-15/h10-12H,2-9H2,1H3. The van der Waals surface area contributed by atoms with Crippen LogP contribution in [0.25, 0.3) is 0 Å². The van der Waals surface area contributed by atoms with Crippen LogP contribution in [-0.2, 0) is 9.53 Å². The number of halogens is 1. The fourth-order valence-electron chi connectivity index (χ4n) is 2.78.